The van der Waals surface area contributed by atoms with Crippen LogP contribution in [0.1, 0.15) is 27.4 Å². The van der Waals surface area contributed by atoms with Gasteiger partial charge in [-0.1, -0.05) is 0 Å². The highest BCUT2D eigenvalue weighted by atomic mass is 32.2. The second-order valence-corrected chi connectivity index (χ2v) is 8.99. The Kier molecular flexibility index (Phi) is 5.12. The van der Waals surface area contributed by atoms with Crippen LogP contribution in [0.5, 0.6) is 5.75 Å². The van der Waals surface area contributed by atoms with E-state index in [0.717, 1.165) is 12.8 Å². The molecule has 0 bridgehead atoms. The molecule has 1 aliphatic rings. The molecule has 8 heteroatoms. The Morgan fingerprint density at radius 3 is 2.44 bits per heavy atom. The van der Waals surface area contributed by atoms with Gasteiger partial charge in [-0.05, 0) is 50.1 Å². The zero-order valence-electron chi connectivity index (χ0n) is 14.1. The molecule has 1 saturated heterocycles. The van der Waals surface area contributed by atoms with Gasteiger partial charge in [0, 0.05) is 23.7 Å². The number of sulfonamides is 1. The van der Waals surface area contributed by atoms with Gasteiger partial charge >= 0.3 is 0 Å². The summed E-state index contributed by atoms with van der Waals surface area (Å²) < 4.78 is 32.0. The van der Waals surface area contributed by atoms with Crippen molar-refractivity contribution < 1.29 is 17.9 Å². The summed E-state index contributed by atoms with van der Waals surface area (Å²) in [6.45, 7) is 2.83. The van der Waals surface area contributed by atoms with Crippen molar-refractivity contribution in [2.45, 2.75) is 24.7 Å². The van der Waals surface area contributed by atoms with E-state index in [1.807, 2.05) is 0 Å². The fourth-order valence-electron chi connectivity index (χ4n) is 2.77. The maximum atomic E-state index is 12.7. The van der Waals surface area contributed by atoms with Crippen LogP contribution in [0.25, 0.3) is 0 Å². The van der Waals surface area contributed by atoms with E-state index in [9.17, 15) is 13.2 Å². The Balaban J connectivity index is 1.80. The van der Waals surface area contributed by atoms with Crippen molar-refractivity contribution in [2.75, 3.05) is 25.5 Å². The number of anilines is 1. The number of carbonyl (C=O) groups is 1. The van der Waals surface area contributed by atoms with Gasteiger partial charge in [-0.3, -0.25) is 4.79 Å². The summed E-state index contributed by atoms with van der Waals surface area (Å²) in [5.41, 5.74) is 0.626. The number of methoxy groups -OCH3 is 1. The first-order chi connectivity index (χ1) is 11.9. The van der Waals surface area contributed by atoms with Crippen LogP contribution in [0.15, 0.2) is 35.2 Å². The molecule has 1 N–H and O–H groups in total. The molecule has 3 rings (SSSR count). The molecule has 134 valence electrons. The van der Waals surface area contributed by atoms with Gasteiger partial charge in [0.25, 0.3) is 5.91 Å². The maximum Gasteiger partial charge on any atom is 0.265 e. The number of nitrogens with one attached hydrogen (secondary N) is 1. The molecule has 6 nitrogen and oxygen atoms in total. The Bertz CT molecular complexity index is 867. The number of nitrogens with zero attached hydrogens (tertiary/aromatic N) is 1. The molecule has 25 heavy (non-hydrogen) atoms. The average molecular weight is 380 g/mol. The minimum absolute atomic E-state index is 0.235. The second-order valence-electron chi connectivity index (χ2n) is 5.82. The lowest BCUT2D eigenvalue weighted by atomic mass is 10.3. The third-order valence-electron chi connectivity index (χ3n) is 4.13. The summed E-state index contributed by atoms with van der Waals surface area (Å²) in [7, 11) is -1.94. The largest absolute Gasteiger partial charge is 0.497 e. The van der Waals surface area contributed by atoms with Crippen molar-refractivity contribution in [2.24, 2.45) is 0 Å². The second kappa shape index (κ2) is 7.15. The lowest BCUT2D eigenvalue weighted by molar-refractivity contribution is 0.103. The van der Waals surface area contributed by atoms with Crippen LogP contribution in [0.4, 0.5) is 5.69 Å². The van der Waals surface area contributed by atoms with Gasteiger partial charge in [0.1, 0.15) is 5.75 Å². The number of hydrogen-bond acceptors (Lipinski definition) is 5. The molecule has 1 aromatic heterocycles. The molecule has 1 amide bonds. The Morgan fingerprint density at radius 2 is 1.84 bits per heavy atom. The van der Waals surface area contributed by atoms with Crippen molar-refractivity contribution in [1.82, 2.24) is 4.31 Å². The molecule has 0 atom stereocenters. The van der Waals surface area contributed by atoms with E-state index in [1.54, 1.807) is 38.3 Å². The standard InChI is InChI=1S/C17H20N2O4S2/c1-12-16(25(21,22)19-9-3-4-10-19)11-15(24-12)17(20)18-13-5-7-14(23-2)8-6-13/h5-8,11H,3-4,9-10H2,1-2H3,(H,18,20). The monoisotopic (exact) mass is 380 g/mol. The molecular weight excluding hydrogens is 360 g/mol. The number of hydrogen-bond donors (Lipinski definition) is 1. The summed E-state index contributed by atoms with van der Waals surface area (Å²) in [6.07, 6.45) is 1.76. The topological polar surface area (TPSA) is 75.7 Å². The van der Waals surface area contributed by atoms with Crippen LogP contribution in [0, 0.1) is 6.92 Å². The highest BCUT2D eigenvalue weighted by Crippen LogP contribution is 2.30. The van der Waals surface area contributed by atoms with Gasteiger partial charge < -0.3 is 10.1 Å². The molecule has 0 saturated carbocycles. The summed E-state index contributed by atoms with van der Waals surface area (Å²) in [6, 6.07) is 8.45. The Morgan fingerprint density at radius 1 is 1.20 bits per heavy atom. The zero-order valence-corrected chi connectivity index (χ0v) is 15.7. The van der Waals surface area contributed by atoms with Gasteiger partial charge in [-0.2, -0.15) is 4.31 Å². The summed E-state index contributed by atoms with van der Waals surface area (Å²) in [5.74, 6) is 0.380. The molecule has 2 aromatic rings. The highest BCUT2D eigenvalue weighted by Gasteiger charge is 2.30. The molecule has 1 aliphatic heterocycles. The molecular formula is C17H20N2O4S2. The molecule has 0 aliphatic carbocycles. The smallest absolute Gasteiger partial charge is 0.265 e. The molecule has 0 radical (unpaired) electrons. The number of amides is 1. The van der Waals surface area contributed by atoms with E-state index in [0.29, 0.717) is 34.3 Å². The molecule has 0 unspecified atom stereocenters. The van der Waals surface area contributed by atoms with Crippen LogP contribution in [0.3, 0.4) is 0 Å². The number of rotatable bonds is 5. The van der Waals surface area contributed by atoms with E-state index < -0.39 is 10.0 Å². The summed E-state index contributed by atoms with van der Waals surface area (Å²) >= 11 is 1.19. The first-order valence-electron chi connectivity index (χ1n) is 7.98. The summed E-state index contributed by atoms with van der Waals surface area (Å²) in [5, 5.41) is 2.78. The molecule has 1 aromatic carbocycles. The van der Waals surface area contributed by atoms with Crippen molar-refractivity contribution in [3.63, 3.8) is 0 Å². The first-order valence-corrected chi connectivity index (χ1v) is 10.2. The average Bonchev–Trinajstić information content (AvgIpc) is 3.25. The van der Waals surface area contributed by atoms with E-state index in [1.165, 1.54) is 21.7 Å². The van der Waals surface area contributed by atoms with Crippen LogP contribution in [-0.4, -0.2) is 38.8 Å². The molecule has 1 fully saturated rings. The molecule has 0 spiro atoms. The van der Waals surface area contributed by atoms with Crippen LogP contribution < -0.4 is 10.1 Å². The normalized spacial score (nSPS) is 15.3. The van der Waals surface area contributed by atoms with Gasteiger partial charge in [-0.15, -0.1) is 11.3 Å². The SMILES string of the molecule is COc1ccc(NC(=O)c2cc(S(=O)(=O)N3CCCC3)c(C)s2)cc1. The summed E-state index contributed by atoms with van der Waals surface area (Å²) in [4.78, 5) is 13.7. The predicted molar refractivity (Wildman–Crippen MR) is 98.0 cm³/mol. The number of aryl methyl sites for hydroxylation is 1. The van der Waals surface area contributed by atoms with E-state index in [-0.39, 0.29) is 10.8 Å². The zero-order chi connectivity index (χ0) is 18.0. The minimum Gasteiger partial charge on any atom is -0.497 e. The maximum absolute atomic E-state index is 12.7. The van der Waals surface area contributed by atoms with Crippen LogP contribution in [-0.2, 0) is 10.0 Å². The fourth-order valence-corrected chi connectivity index (χ4v) is 5.74. The third kappa shape index (κ3) is 3.70. The lowest BCUT2D eigenvalue weighted by Gasteiger charge is -2.14. The van der Waals surface area contributed by atoms with E-state index in [2.05, 4.69) is 5.32 Å². The van der Waals surface area contributed by atoms with Crippen molar-refractivity contribution in [1.29, 1.82) is 0 Å². The van der Waals surface area contributed by atoms with Crippen LogP contribution in [0.2, 0.25) is 0 Å². The van der Waals surface area contributed by atoms with Gasteiger partial charge in [0.2, 0.25) is 10.0 Å². The highest BCUT2D eigenvalue weighted by molar-refractivity contribution is 7.89. The predicted octanol–water partition coefficient (Wildman–Crippen LogP) is 3.10. The van der Waals surface area contributed by atoms with E-state index in [4.69, 9.17) is 4.74 Å². The third-order valence-corrected chi connectivity index (χ3v) is 7.33. The van der Waals surface area contributed by atoms with Crippen molar-refractivity contribution in [3.8, 4) is 5.75 Å². The van der Waals surface area contributed by atoms with E-state index >= 15 is 0 Å². The van der Waals surface area contributed by atoms with Gasteiger partial charge in [-0.25, -0.2) is 8.42 Å². The Labute approximate surface area is 151 Å². The van der Waals surface area contributed by atoms with Gasteiger partial charge in [0.15, 0.2) is 0 Å². The first kappa shape index (κ1) is 17.9. The lowest BCUT2D eigenvalue weighted by Crippen LogP contribution is -2.28. The number of carbonyl (C=O) groups excluding carboxylic acids is 1. The van der Waals surface area contributed by atoms with Crippen molar-refractivity contribution >= 4 is 33.0 Å². The quantitative estimate of drug-likeness (QED) is 0.865. The number of benzene rings is 1. The minimum atomic E-state index is -3.52. The fraction of sp³-hybridized carbons (Fsp3) is 0.353. The van der Waals surface area contributed by atoms with Crippen molar-refractivity contribution in [3.05, 3.63) is 40.1 Å². The number of thiophene rings is 1. The number of ether oxygens (including phenoxy) is 1. The van der Waals surface area contributed by atoms with Crippen LogP contribution >= 0.6 is 11.3 Å². The Hall–Kier alpha value is -1.90. The van der Waals surface area contributed by atoms with Gasteiger partial charge in [0.05, 0.1) is 16.9 Å². The molecule has 2 heterocycles.